The van der Waals surface area contributed by atoms with Crippen molar-refractivity contribution in [3.05, 3.63) is 53.9 Å². The Morgan fingerprint density at radius 3 is 2.95 bits per heavy atom. The van der Waals surface area contributed by atoms with E-state index in [1.165, 1.54) is 6.21 Å². The highest BCUT2D eigenvalue weighted by Gasteiger charge is 2.19. The van der Waals surface area contributed by atoms with Crippen LogP contribution in [-0.2, 0) is 0 Å². The molecule has 106 valence electrons. The number of nitrogens with zero attached hydrogens (tertiary/aromatic N) is 2. The van der Waals surface area contributed by atoms with Crippen LogP contribution in [0.15, 0.2) is 47.7 Å². The molecule has 0 fully saturated rings. The first-order chi connectivity index (χ1) is 10.2. The van der Waals surface area contributed by atoms with E-state index in [1.54, 1.807) is 36.5 Å². The van der Waals surface area contributed by atoms with E-state index in [9.17, 15) is 4.79 Å². The summed E-state index contributed by atoms with van der Waals surface area (Å²) in [7, 11) is 0. The standard InChI is InChI=1S/C15H13N3O3/c1-10-20-13-6-5-11(8-14(13)21-10)9-17-18-15(19)12-4-2-3-7-16-12/h2-10H,1H3,(H,18,19)/b17-9+. The molecule has 2 heterocycles. The number of fused-ring (bicyclic) bond motifs is 1. The number of carbonyl (C=O) groups is 1. The van der Waals surface area contributed by atoms with E-state index in [4.69, 9.17) is 9.47 Å². The summed E-state index contributed by atoms with van der Waals surface area (Å²) in [5.41, 5.74) is 3.53. The Hall–Kier alpha value is -2.89. The van der Waals surface area contributed by atoms with Crippen molar-refractivity contribution in [2.75, 3.05) is 0 Å². The smallest absolute Gasteiger partial charge is 0.289 e. The number of hydrogen-bond acceptors (Lipinski definition) is 5. The van der Waals surface area contributed by atoms with Crippen LogP contribution in [0.25, 0.3) is 0 Å². The zero-order chi connectivity index (χ0) is 14.7. The van der Waals surface area contributed by atoms with Gasteiger partial charge in [0, 0.05) is 13.1 Å². The molecule has 0 spiro atoms. The number of aromatic nitrogens is 1. The van der Waals surface area contributed by atoms with Crippen LogP contribution in [0.5, 0.6) is 11.5 Å². The lowest BCUT2D eigenvalue weighted by molar-refractivity contribution is 0.0678. The zero-order valence-corrected chi connectivity index (χ0v) is 11.3. The summed E-state index contributed by atoms with van der Waals surface area (Å²) in [6.45, 7) is 1.82. The summed E-state index contributed by atoms with van der Waals surface area (Å²) in [5.74, 6) is 1.01. The maximum Gasteiger partial charge on any atom is 0.289 e. The van der Waals surface area contributed by atoms with E-state index >= 15 is 0 Å². The molecule has 0 bridgehead atoms. The van der Waals surface area contributed by atoms with Crippen LogP contribution in [0.3, 0.4) is 0 Å². The molecule has 1 aliphatic rings. The van der Waals surface area contributed by atoms with Gasteiger partial charge in [-0.1, -0.05) is 6.07 Å². The predicted molar refractivity (Wildman–Crippen MR) is 76.5 cm³/mol. The molecule has 1 N–H and O–H groups in total. The molecule has 1 amide bonds. The Balaban J connectivity index is 1.65. The lowest BCUT2D eigenvalue weighted by Gasteiger charge is -2.00. The second-order valence-electron chi connectivity index (χ2n) is 4.42. The highest BCUT2D eigenvalue weighted by atomic mass is 16.7. The first-order valence-corrected chi connectivity index (χ1v) is 6.44. The van der Waals surface area contributed by atoms with E-state index < -0.39 is 0 Å². The third kappa shape index (κ3) is 3.00. The van der Waals surface area contributed by atoms with E-state index in [0.29, 0.717) is 17.2 Å². The number of hydrogen-bond donors (Lipinski definition) is 1. The second-order valence-corrected chi connectivity index (χ2v) is 4.42. The van der Waals surface area contributed by atoms with Gasteiger partial charge >= 0.3 is 0 Å². The largest absolute Gasteiger partial charge is 0.451 e. The van der Waals surface area contributed by atoms with Gasteiger partial charge in [0.25, 0.3) is 5.91 Å². The third-order valence-electron chi connectivity index (χ3n) is 2.83. The van der Waals surface area contributed by atoms with E-state index in [1.807, 2.05) is 13.0 Å². The van der Waals surface area contributed by atoms with Gasteiger partial charge in [0.15, 0.2) is 11.5 Å². The highest BCUT2D eigenvalue weighted by Crippen LogP contribution is 2.34. The third-order valence-corrected chi connectivity index (χ3v) is 2.83. The molecule has 1 aromatic heterocycles. The monoisotopic (exact) mass is 283 g/mol. The number of rotatable bonds is 3. The fourth-order valence-corrected chi connectivity index (χ4v) is 1.90. The van der Waals surface area contributed by atoms with E-state index in [0.717, 1.165) is 5.56 Å². The van der Waals surface area contributed by atoms with Gasteiger partial charge in [0.05, 0.1) is 6.21 Å². The van der Waals surface area contributed by atoms with Crippen LogP contribution in [0.4, 0.5) is 0 Å². The van der Waals surface area contributed by atoms with Crippen molar-refractivity contribution >= 4 is 12.1 Å². The van der Waals surface area contributed by atoms with Crippen LogP contribution in [0.1, 0.15) is 23.0 Å². The molecular weight excluding hydrogens is 270 g/mol. The summed E-state index contributed by atoms with van der Waals surface area (Å²) in [6.07, 6.45) is 2.81. The minimum atomic E-state index is -0.360. The fraction of sp³-hybridized carbons (Fsp3) is 0.133. The Labute approximate surface area is 121 Å². The van der Waals surface area contributed by atoms with Gasteiger partial charge in [0.1, 0.15) is 5.69 Å². The summed E-state index contributed by atoms with van der Waals surface area (Å²) >= 11 is 0. The first kappa shape index (κ1) is 13.1. The van der Waals surface area contributed by atoms with Gasteiger partial charge in [-0.05, 0) is 35.9 Å². The number of ether oxygens (including phenoxy) is 2. The van der Waals surface area contributed by atoms with Gasteiger partial charge in [-0.15, -0.1) is 0 Å². The highest BCUT2D eigenvalue weighted by molar-refractivity contribution is 5.93. The van der Waals surface area contributed by atoms with Gasteiger partial charge in [-0.3, -0.25) is 9.78 Å². The maximum absolute atomic E-state index is 11.7. The molecule has 0 radical (unpaired) electrons. The minimum absolute atomic E-state index is 0.281. The molecule has 1 aromatic carbocycles. The Kier molecular flexibility index (Phi) is 3.51. The van der Waals surface area contributed by atoms with Crippen LogP contribution >= 0.6 is 0 Å². The number of benzene rings is 1. The number of nitrogens with one attached hydrogen (secondary N) is 1. The number of pyridine rings is 1. The average molecular weight is 283 g/mol. The fourth-order valence-electron chi connectivity index (χ4n) is 1.90. The van der Waals surface area contributed by atoms with Crippen molar-refractivity contribution in [3.63, 3.8) is 0 Å². The quantitative estimate of drug-likeness (QED) is 0.690. The molecule has 2 aromatic rings. The predicted octanol–water partition coefficient (Wildman–Crippen LogP) is 1.96. The lowest BCUT2D eigenvalue weighted by atomic mass is 10.2. The van der Waals surface area contributed by atoms with Crippen molar-refractivity contribution in [1.82, 2.24) is 10.4 Å². The van der Waals surface area contributed by atoms with Crippen LogP contribution in [0.2, 0.25) is 0 Å². The normalized spacial score (nSPS) is 16.1. The van der Waals surface area contributed by atoms with Crippen molar-refractivity contribution in [3.8, 4) is 11.5 Å². The molecule has 3 rings (SSSR count). The molecule has 0 saturated heterocycles. The van der Waals surface area contributed by atoms with Gasteiger partial charge in [0.2, 0.25) is 6.29 Å². The van der Waals surface area contributed by atoms with Crippen molar-refractivity contribution in [2.45, 2.75) is 13.2 Å². The van der Waals surface area contributed by atoms with Gasteiger partial charge in [-0.2, -0.15) is 5.10 Å². The lowest BCUT2D eigenvalue weighted by Crippen LogP contribution is -2.18. The van der Waals surface area contributed by atoms with Crippen LogP contribution < -0.4 is 14.9 Å². The summed E-state index contributed by atoms with van der Waals surface area (Å²) in [5, 5.41) is 3.90. The number of carbonyl (C=O) groups excluding carboxylic acids is 1. The van der Waals surface area contributed by atoms with Crippen LogP contribution in [0, 0.1) is 0 Å². The summed E-state index contributed by atoms with van der Waals surface area (Å²) in [6, 6.07) is 10.5. The van der Waals surface area contributed by atoms with Crippen LogP contribution in [-0.4, -0.2) is 23.4 Å². The van der Waals surface area contributed by atoms with Gasteiger partial charge < -0.3 is 9.47 Å². The molecule has 1 unspecified atom stereocenters. The zero-order valence-electron chi connectivity index (χ0n) is 11.3. The Morgan fingerprint density at radius 2 is 2.14 bits per heavy atom. The Bertz CT molecular complexity index is 686. The SMILES string of the molecule is CC1Oc2ccc(/C=N/NC(=O)c3ccccn3)cc2O1. The molecule has 21 heavy (non-hydrogen) atoms. The minimum Gasteiger partial charge on any atom is -0.451 e. The molecule has 6 heteroatoms. The van der Waals surface area contributed by atoms with E-state index in [2.05, 4.69) is 15.5 Å². The van der Waals surface area contributed by atoms with Gasteiger partial charge in [-0.25, -0.2) is 5.43 Å². The first-order valence-electron chi connectivity index (χ1n) is 6.44. The van der Waals surface area contributed by atoms with Crippen molar-refractivity contribution in [2.24, 2.45) is 5.10 Å². The van der Waals surface area contributed by atoms with Crippen molar-refractivity contribution < 1.29 is 14.3 Å². The Morgan fingerprint density at radius 1 is 1.29 bits per heavy atom. The molecular formula is C15H13N3O3. The molecule has 1 aliphatic heterocycles. The maximum atomic E-state index is 11.7. The number of hydrazone groups is 1. The molecule has 1 atom stereocenters. The summed E-state index contributed by atoms with van der Waals surface area (Å²) < 4.78 is 10.9. The molecule has 6 nitrogen and oxygen atoms in total. The average Bonchev–Trinajstić information content (AvgIpc) is 2.87. The van der Waals surface area contributed by atoms with E-state index in [-0.39, 0.29) is 12.2 Å². The second kappa shape index (κ2) is 5.62. The molecule has 0 aliphatic carbocycles. The topological polar surface area (TPSA) is 72.8 Å². The molecule has 0 saturated carbocycles. The number of amides is 1. The summed E-state index contributed by atoms with van der Waals surface area (Å²) in [4.78, 5) is 15.7. The van der Waals surface area contributed by atoms with Crippen molar-refractivity contribution in [1.29, 1.82) is 0 Å².